The van der Waals surface area contributed by atoms with E-state index in [-0.39, 0.29) is 17.9 Å². The Morgan fingerprint density at radius 3 is 2.21 bits per heavy atom. The summed E-state index contributed by atoms with van der Waals surface area (Å²) < 4.78 is 3.12. The fraction of sp³-hybridized carbons (Fsp3) is 0.259. The molecule has 2 heterocycles. The molecule has 0 aliphatic carbocycles. The first-order valence-corrected chi connectivity index (χ1v) is 11.7. The Labute approximate surface area is 203 Å². The van der Waals surface area contributed by atoms with Crippen LogP contribution in [0.25, 0.3) is 11.8 Å². The van der Waals surface area contributed by atoms with Gasteiger partial charge in [0, 0.05) is 21.5 Å². The highest BCUT2D eigenvalue weighted by Gasteiger charge is 2.33. The molecule has 6 heteroatoms. The van der Waals surface area contributed by atoms with E-state index in [0.29, 0.717) is 5.70 Å². The van der Waals surface area contributed by atoms with Gasteiger partial charge in [0.2, 0.25) is 0 Å². The van der Waals surface area contributed by atoms with Gasteiger partial charge in [0.15, 0.2) is 0 Å². The van der Waals surface area contributed by atoms with Crippen molar-refractivity contribution < 1.29 is 9.59 Å². The highest BCUT2D eigenvalue weighted by molar-refractivity contribution is 9.10. The smallest absolute Gasteiger partial charge is 0.318 e. The summed E-state index contributed by atoms with van der Waals surface area (Å²) in [6.07, 6.45) is 1.77. The Kier molecular flexibility index (Phi) is 6.06. The van der Waals surface area contributed by atoms with E-state index in [1.807, 2.05) is 44.2 Å². The number of nitrogens with one attached hydrogen (secondary N) is 1. The Morgan fingerprint density at radius 2 is 1.61 bits per heavy atom. The predicted molar refractivity (Wildman–Crippen MR) is 135 cm³/mol. The normalized spacial score (nSPS) is 15.5. The summed E-state index contributed by atoms with van der Waals surface area (Å²) in [5.41, 5.74) is 6.60. The van der Waals surface area contributed by atoms with Gasteiger partial charge in [-0.2, -0.15) is 0 Å². The van der Waals surface area contributed by atoms with Gasteiger partial charge >= 0.3 is 6.03 Å². The fourth-order valence-electron chi connectivity index (χ4n) is 4.08. The average molecular weight is 506 g/mol. The molecule has 1 aliphatic heterocycles. The van der Waals surface area contributed by atoms with Crippen molar-refractivity contribution in [3.63, 3.8) is 0 Å². The number of aromatic nitrogens is 1. The van der Waals surface area contributed by atoms with Gasteiger partial charge in [-0.05, 0) is 72.4 Å². The van der Waals surface area contributed by atoms with Crippen LogP contribution in [0.2, 0.25) is 0 Å². The third-order valence-electron chi connectivity index (χ3n) is 5.98. The SMILES string of the molecule is Cc1cc(/C=C2/NC(=O)N(Cc3ccc(Br)cc3)C2=O)c(C)n1-c1ccc(C(C)(C)C)cc1. The molecular weight excluding hydrogens is 478 g/mol. The van der Waals surface area contributed by atoms with Crippen molar-refractivity contribution in [1.29, 1.82) is 0 Å². The lowest BCUT2D eigenvalue weighted by atomic mass is 9.87. The molecule has 33 heavy (non-hydrogen) atoms. The Bertz CT molecular complexity index is 1250. The van der Waals surface area contributed by atoms with Gasteiger partial charge in [-0.1, -0.05) is 61.0 Å². The van der Waals surface area contributed by atoms with E-state index < -0.39 is 6.03 Å². The number of benzene rings is 2. The molecule has 4 rings (SSSR count). The molecule has 1 aromatic heterocycles. The maximum Gasteiger partial charge on any atom is 0.329 e. The lowest BCUT2D eigenvalue weighted by molar-refractivity contribution is -0.123. The van der Waals surface area contributed by atoms with Crippen molar-refractivity contribution >= 4 is 33.9 Å². The van der Waals surface area contributed by atoms with E-state index in [4.69, 9.17) is 0 Å². The predicted octanol–water partition coefficient (Wildman–Crippen LogP) is 6.25. The van der Waals surface area contributed by atoms with E-state index in [9.17, 15) is 9.59 Å². The molecule has 0 unspecified atom stereocenters. The van der Waals surface area contributed by atoms with Crippen molar-refractivity contribution in [2.24, 2.45) is 0 Å². The number of aryl methyl sites for hydroxylation is 1. The summed E-state index contributed by atoms with van der Waals surface area (Å²) in [5, 5.41) is 2.73. The van der Waals surface area contributed by atoms with E-state index in [2.05, 4.69) is 70.9 Å². The van der Waals surface area contributed by atoms with Crippen molar-refractivity contribution in [1.82, 2.24) is 14.8 Å². The number of hydrogen-bond donors (Lipinski definition) is 1. The monoisotopic (exact) mass is 505 g/mol. The van der Waals surface area contributed by atoms with Gasteiger partial charge in [-0.15, -0.1) is 0 Å². The van der Waals surface area contributed by atoms with Crippen LogP contribution in [0.4, 0.5) is 4.79 Å². The van der Waals surface area contributed by atoms with Gasteiger partial charge in [0.05, 0.1) is 6.54 Å². The number of carbonyl (C=O) groups is 2. The molecule has 1 N–H and O–H groups in total. The first-order chi connectivity index (χ1) is 15.5. The molecule has 3 aromatic rings. The highest BCUT2D eigenvalue weighted by atomic mass is 79.9. The van der Waals surface area contributed by atoms with Gasteiger partial charge in [-0.25, -0.2) is 4.79 Å². The van der Waals surface area contributed by atoms with Crippen molar-refractivity contribution in [3.05, 3.63) is 92.8 Å². The van der Waals surface area contributed by atoms with Crippen LogP contribution in [-0.2, 0) is 16.8 Å². The van der Waals surface area contributed by atoms with E-state index in [0.717, 1.165) is 32.7 Å². The summed E-state index contributed by atoms with van der Waals surface area (Å²) in [4.78, 5) is 26.7. The van der Waals surface area contributed by atoms with E-state index in [1.165, 1.54) is 10.5 Å². The first kappa shape index (κ1) is 23.1. The number of halogens is 1. The minimum absolute atomic E-state index is 0.0953. The summed E-state index contributed by atoms with van der Waals surface area (Å²) in [7, 11) is 0. The van der Waals surface area contributed by atoms with Crippen LogP contribution in [0.3, 0.4) is 0 Å². The lowest BCUT2D eigenvalue weighted by Gasteiger charge is -2.20. The van der Waals surface area contributed by atoms with Crippen LogP contribution in [0, 0.1) is 13.8 Å². The first-order valence-electron chi connectivity index (χ1n) is 10.9. The third kappa shape index (κ3) is 4.67. The van der Waals surface area contributed by atoms with E-state index >= 15 is 0 Å². The van der Waals surface area contributed by atoms with Crippen LogP contribution in [0.1, 0.15) is 48.8 Å². The fourth-order valence-corrected chi connectivity index (χ4v) is 4.35. The molecule has 0 bridgehead atoms. The number of hydrogen-bond acceptors (Lipinski definition) is 2. The average Bonchev–Trinajstić information content (AvgIpc) is 3.18. The summed E-state index contributed by atoms with van der Waals surface area (Å²) >= 11 is 3.40. The second-order valence-corrected chi connectivity index (χ2v) is 10.4. The molecule has 170 valence electrons. The van der Waals surface area contributed by atoms with Gasteiger partial charge < -0.3 is 9.88 Å². The molecule has 2 aromatic carbocycles. The minimum atomic E-state index is -0.402. The Balaban J connectivity index is 1.60. The van der Waals surface area contributed by atoms with E-state index in [1.54, 1.807) is 6.08 Å². The van der Waals surface area contributed by atoms with Gasteiger partial charge in [0.1, 0.15) is 5.70 Å². The molecule has 3 amide bonds. The summed E-state index contributed by atoms with van der Waals surface area (Å²) in [6, 6.07) is 17.8. The Morgan fingerprint density at radius 1 is 0.970 bits per heavy atom. The molecular formula is C27H28BrN3O2. The standard InChI is InChI=1S/C27H28BrN3O2/c1-17-14-20(18(2)31(17)23-12-8-21(9-13-23)27(3,4)5)15-24-25(32)30(26(33)29-24)16-19-6-10-22(28)11-7-19/h6-15H,16H2,1-5H3,(H,29,33)/b24-15+. The summed E-state index contributed by atoms with van der Waals surface area (Å²) in [5.74, 6) is -0.317. The number of imide groups is 1. The quantitative estimate of drug-likeness (QED) is 0.336. The van der Waals surface area contributed by atoms with Crippen LogP contribution >= 0.6 is 15.9 Å². The van der Waals surface area contributed by atoms with Crippen LogP contribution in [0.5, 0.6) is 0 Å². The molecule has 0 saturated carbocycles. The maximum atomic E-state index is 13.0. The van der Waals surface area contributed by atoms with Gasteiger partial charge in [0.25, 0.3) is 5.91 Å². The largest absolute Gasteiger partial charge is 0.329 e. The van der Waals surface area contributed by atoms with Crippen molar-refractivity contribution in [2.45, 2.75) is 46.6 Å². The molecule has 1 aliphatic rings. The topological polar surface area (TPSA) is 54.3 Å². The number of carbonyl (C=O) groups excluding carboxylic acids is 2. The molecule has 1 saturated heterocycles. The van der Waals surface area contributed by atoms with Crippen molar-refractivity contribution in [3.8, 4) is 5.69 Å². The van der Waals surface area contributed by atoms with Crippen molar-refractivity contribution in [2.75, 3.05) is 0 Å². The molecule has 0 atom stereocenters. The second kappa shape index (κ2) is 8.67. The zero-order valence-electron chi connectivity index (χ0n) is 19.6. The minimum Gasteiger partial charge on any atom is -0.318 e. The lowest BCUT2D eigenvalue weighted by Crippen LogP contribution is -2.30. The molecule has 0 spiro atoms. The number of rotatable bonds is 4. The number of nitrogens with zero attached hydrogens (tertiary/aromatic N) is 2. The van der Waals surface area contributed by atoms with Crippen LogP contribution in [-0.4, -0.2) is 21.4 Å². The molecule has 1 fully saturated rings. The second-order valence-electron chi connectivity index (χ2n) is 9.46. The summed E-state index contributed by atoms with van der Waals surface area (Å²) in [6.45, 7) is 10.9. The van der Waals surface area contributed by atoms with Crippen LogP contribution in [0.15, 0.2) is 64.8 Å². The molecule has 5 nitrogen and oxygen atoms in total. The maximum absolute atomic E-state index is 13.0. The van der Waals surface area contributed by atoms with Gasteiger partial charge in [-0.3, -0.25) is 9.69 Å². The zero-order chi connectivity index (χ0) is 23.9. The number of amides is 3. The third-order valence-corrected chi connectivity index (χ3v) is 6.51. The van der Waals surface area contributed by atoms with Crippen LogP contribution < -0.4 is 5.32 Å². The zero-order valence-corrected chi connectivity index (χ0v) is 21.2. The number of urea groups is 1. The Hall–Kier alpha value is -3.12. The highest BCUT2D eigenvalue weighted by Crippen LogP contribution is 2.27. The molecule has 0 radical (unpaired) electrons.